The van der Waals surface area contributed by atoms with Gasteiger partial charge in [0.25, 0.3) is 0 Å². The van der Waals surface area contributed by atoms with Crippen molar-refractivity contribution in [3.8, 4) is 6.07 Å². The Kier molecular flexibility index (Phi) is 6.86. The van der Waals surface area contributed by atoms with Gasteiger partial charge in [0.2, 0.25) is 0 Å². The second kappa shape index (κ2) is 9.45. The van der Waals surface area contributed by atoms with Crippen LogP contribution in [0.3, 0.4) is 0 Å². The molecule has 0 aliphatic heterocycles. The van der Waals surface area contributed by atoms with Crippen LogP contribution in [0, 0.1) is 52.3 Å². The summed E-state index contributed by atoms with van der Waals surface area (Å²) >= 11 is 0. The van der Waals surface area contributed by atoms with Crippen molar-refractivity contribution in [3.05, 3.63) is 18.0 Å². The van der Waals surface area contributed by atoms with Crippen LogP contribution in [-0.2, 0) is 11.3 Å². The van der Waals surface area contributed by atoms with Gasteiger partial charge in [0.05, 0.1) is 18.3 Å². The molecule has 0 aromatic carbocycles. The van der Waals surface area contributed by atoms with Crippen LogP contribution < -0.4 is 0 Å². The lowest BCUT2D eigenvalue weighted by Crippen LogP contribution is -2.48. The van der Waals surface area contributed by atoms with Gasteiger partial charge in [-0.3, -0.25) is 9.48 Å². The number of carbonyl (C=O) groups is 1. The Balaban J connectivity index is 1.48. The van der Waals surface area contributed by atoms with Gasteiger partial charge in [0.1, 0.15) is 6.07 Å². The van der Waals surface area contributed by atoms with Crippen molar-refractivity contribution >= 4 is 5.78 Å². The number of fused-ring (bicyclic) bond motifs is 3. The molecule has 0 bridgehead atoms. The van der Waals surface area contributed by atoms with Gasteiger partial charge >= 0.3 is 0 Å². The molecule has 31 heavy (non-hydrogen) atoms. The molecule has 1 aromatic heterocycles. The number of Topliss-reactive ketones (excluding diaryl/α,β-unsaturated/α-hetero) is 1. The normalized spacial score (nSPS) is 37.1. The van der Waals surface area contributed by atoms with Crippen LogP contribution in [0.5, 0.6) is 0 Å². The van der Waals surface area contributed by atoms with Gasteiger partial charge in [0.15, 0.2) is 5.78 Å². The molecule has 4 rings (SSSR count). The highest BCUT2D eigenvalue weighted by Gasteiger charge is 2.57. The Labute approximate surface area is 187 Å². The fraction of sp³-hybridized carbons (Fsp3) is 0.808. The third kappa shape index (κ3) is 4.21. The maximum atomic E-state index is 13.3. The van der Waals surface area contributed by atoms with E-state index >= 15 is 0 Å². The summed E-state index contributed by atoms with van der Waals surface area (Å²) in [5, 5.41) is 22.7. The summed E-state index contributed by atoms with van der Waals surface area (Å²) in [6, 6.07) is 2.09. The molecule has 1 N–H and O–H groups in total. The fourth-order valence-electron chi connectivity index (χ4n) is 8.05. The predicted octanol–water partition coefficient (Wildman–Crippen LogP) is 4.98. The molecule has 3 aliphatic rings. The zero-order chi connectivity index (χ0) is 22.0. The fourth-order valence-corrected chi connectivity index (χ4v) is 8.05. The second-order valence-corrected chi connectivity index (χ2v) is 10.8. The van der Waals surface area contributed by atoms with E-state index in [1.165, 1.54) is 44.9 Å². The molecular weight excluding hydrogens is 386 g/mol. The van der Waals surface area contributed by atoms with Gasteiger partial charge in [-0.2, -0.15) is 10.4 Å². The summed E-state index contributed by atoms with van der Waals surface area (Å²) in [6.45, 7) is 5.31. The van der Waals surface area contributed by atoms with Crippen molar-refractivity contribution in [2.75, 3.05) is 6.61 Å². The first kappa shape index (κ1) is 22.5. The highest BCUT2D eigenvalue weighted by atomic mass is 16.2. The summed E-state index contributed by atoms with van der Waals surface area (Å²) < 4.78 is 1.64. The molecule has 3 fully saturated rings. The van der Waals surface area contributed by atoms with Gasteiger partial charge in [-0.05, 0) is 86.4 Å². The third-order valence-electron chi connectivity index (χ3n) is 9.34. The summed E-state index contributed by atoms with van der Waals surface area (Å²) in [5.41, 5.74) is 0.629. The van der Waals surface area contributed by atoms with Crippen LogP contribution in [-0.4, -0.2) is 27.3 Å². The van der Waals surface area contributed by atoms with E-state index in [-0.39, 0.29) is 11.3 Å². The molecule has 0 spiro atoms. The van der Waals surface area contributed by atoms with E-state index in [1.807, 2.05) is 0 Å². The number of rotatable bonds is 8. The Morgan fingerprint density at radius 2 is 2.10 bits per heavy atom. The number of hydrogen-bond donors (Lipinski definition) is 1. The maximum absolute atomic E-state index is 13.3. The highest BCUT2D eigenvalue weighted by Crippen LogP contribution is 2.63. The van der Waals surface area contributed by atoms with Crippen molar-refractivity contribution in [1.82, 2.24) is 9.78 Å². The number of ketones is 1. The zero-order valence-corrected chi connectivity index (χ0v) is 19.3. The van der Waals surface area contributed by atoms with Crippen molar-refractivity contribution < 1.29 is 9.90 Å². The minimum absolute atomic E-state index is 0.114. The smallest absolute Gasteiger partial charge is 0.157 e. The summed E-state index contributed by atoms with van der Waals surface area (Å²) in [6.07, 6.45) is 15.2. The lowest BCUT2D eigenvalue weighted by atomic mass is 9.50. The molecule has 5 heteroatoms. The van der Waals surface area contributed by atoms with Crippen LogP contribution in [0.4, 0.5) is 0 Å². The molecule has 0 unspecified atom stereocenters. The number of nitrogens with zero attached hydrogens (tertiary/aromatic N) is 3. The van der Waals surface area contributed by atoms with E-state index < -0.39 is 0 Å². The lowest BCUT2D eigenvalue weighted by molar-refractivity contribution is -0.130. The lowest BCUT2D eigenvalue weighted by Gasteiger charge is -2.54. The van der Waals surface area contributed by atoms with E-state index in [0.29, 0.717) is 30.4 Å². The first-order valence-corrected chi connectivity index (χ1v) is 12.6. The maximum Gasteiger partial charge on any atom is 0.157 e. The minimum Gasteiger partial charge on any atom is -0.396 e. The minimum atomic E-state index is 0.114. The monoisotopic (exact) mass is 425 g/mol. The molecular formula is C26H39N3O2. The number of aliphatic hydroxyl groups excluding tert-OH is 1. The average Bonchev–Trinajstić information content (AvgIpc) is 3.36. The van der Waals surface area contributed by atoms with Crippen molar-refractivity contribution in [2.45, 2.75) is 84.6 Å². The summed E-state index contributed by atoms with van der Waals surface area (Å²) in [5.74, 6) is 4.21. The molecule has 0 radical (unpaired) electrons. The van der Waals surface area contributed by atoms with Crippen LogP contribution >= 0.6 is 0 Å². The van der Waals surface area contributed by atoms with E-state index in [2.05, 4.69) is 25.0 Å². The van der Waals surface area contributed by atoms with Crippen LogP contribution in [0.2, 0.25) is 0 Å². The summed E-state index contributed by atoms with van der Waals surface area (Å²) in [4.78, 5) is 13.3. The molecule has 1 heterocycles. The van der Waals surface area contributed by atoms with Crippen LogP contribution in [0.25, 0.3) is 0 Å². The molecule has 3 saturated carbocycles. The van der Waals surface area contributed by atoms with E-state index in [4.69, 9.17) is 5.26 Å². The molecule has 0 saturated heterocycles. The number of aromatic nitrogens is 2. The van der Waals surface area contributed by atoms with Gasteiger partial charge in [-0.15, -0.1) is 0 Å². The zero-order valence-electron chi connectivity index (χ0n) is 19.3. The Hall–Kier alpha value is -1.67. The predicted molar refractivity (Wildman–Crippen MR) is 120 cm³/mol. The largest absolute Gasteiger partial charge is 0.396 e. The SMILES string of the molecule is CCC[C@@H]1CC[C@@H]2[C@H](CC[C@]3(C)[C@@H](C(=O)Cn4cc(C#N)cn4)CC[C@@H]23)[C@H]1CCCO. The van der Waals surface area contributed by atoms with Crippen LogP contribution in [0.1, 0.15) is 83.6 Å². The van der Waals surface area contributed by atoms with Gasteiger partial charge < -0.3 is 5.11 Å². The number of hydrogen-bond acceptors (Lipinski definition) is 4. The molecule has 0 amide bonds. The molecule has 7 atom stereocenters. The summed E-state index contributed by atoms with van der Waals surface area (Å²) in [7, 11) is 0. The number of nitriles is 1. The van der Waals surface area contributed by atoms with Crippen molar-refractivity contribution in [1.29, 1.82) is 5.26 Å². The van der Waals surface area contributed by atoms with Gasteiger partial charge in [0, 0.05) is 18.7 Å². The molecule has 5 nitrogen and oxygen atoms in total. The first-order valence-electron chi connectivity index (χ1n) is 12.6. The average molecular weight is 426 g/mol. The first-order chi connectivity index (χ1) is 15.0. The molecule has 170 valence electrons. The quantitative estimate of drug-likeness (QED) is 0.637. The van der Waals surface area contributed by atoms with E-state index in [1.54, 1.807) is 17.1 Å². The van der Waals surface area contributed by atoms with Crippen molar-refractivity contribution in [2.24, 2.45) is 40.9 Å². The second-order valence-electron chi connectivity index (χ2n) is 10.8. The van der Waals surface area contributed by atoms with E-state index in [0.717, 1.165) is 42.9 Å². The van der Waals surface area contributed by atoms with Crippen molar-refractivity contribution in [3.63, 3.8) is 0 Å². The molecule has 3 aliphatic carbocycles. The Morgan fingerprint density at radius 3 is 2.81 bits per heavy atom. The Morgan fingerprint density at radius 1 is 1.26 bits per heavy atom. The van der Waals surface area contributed by atoms with Gasteiger partial charge in [-0.1, -0.05) is 26.7 Å². The van der Waals surface area contributed by atoms with Gasteiger partial charge in [-0.25, -0.2) is 0 Å². The highest BCUT2D eigenvalue weighted by molar-refractivity contribution is 5.82. The number of carbonyl (C=O) groups excluding carboxylic acids is 1. The van der Waals surface area contributed by atoms with Crippen LogP contribution in [0.15, 0.2) is 12.4 Å². The number of aliphatic hydroxyl groups is 1. The third-order valence-corrected chi connectivity index (χ3v) is 9.34. The topological polar surface area (TPSA) is 78.9 Å². The Bertz CT molecular complexity index is 812. The standard InChI is InChI=1S/C26H39N3O2/c1-3-5-19-7-8-22-21(20(19)6-4-13-30)11-12-26(2)23(22)9-10-24(26)25(31)17-29-16-18(14-27)15-28-29/h15-16,19-24,30H,3-13,17H2,1-2H3/t19-,20+,21-,22-,23+,24-,26+/m1/s1. The van der Waals surface area contributed by atoms with E-state index in [9.17, 15) is 9.90 Å². The molecule has 1 aromatic rings.